The summed E-state index contributed by atoms with van der Waals surface area (Å²) in [4.78, 5) is 26.4. The lowest BCUT2D eigenvalue weighted by atomic mass is 10.1. The van der Waals surface area contributed by atoms with E-state index in [1.54, 1.807) is 42.5 Å². The number of anilines is 1. The molecule has 2 N–H and O–H groups in total. The van der Waals surface area contributed by atoms with Crippen LogP contribution >= 0.6 is 11.6 Å². The van der Waals surface area contributed by atoms with Crippen LogP contribution < -0.4 is 15.0 Å². The average molecular weight is 375 g/mol. The maximum absolute atomic E-state index is 12.4. The molecular weight excluding hydrogens is 356 g/mol. The van der Waals surface area contributed by atoms with Crippen molar-refractivity contribution in [1.29, 1.82) is 0 Å². The average Bonchev–Trinajstić information content (AvgIpc) is 3.02. The molecule has 2 aromatic rings. The zero-order valence-corrected chi connectivity index (χ0v) is 15.0. The summed E-state index contributed by atoms with van der Waals surface area (Å²) < 4.78 is 5.29. The summed E-state index contributed by atoms with van der Waals surface area (Å²) in [7, 11) is 1.52. The van der Waals surface area contributed by atoms with E-state index in [9.17, 15) is 14.7 Å². The van der Waals surface area contributed by atoms with Gasteiger partial charge in [-0.05, 0) is 24.3 Å². The van der Waals surface area contributed by atoms with E-state index < -0.39 is 5.92 Å². The van der Waals surface area contributed by atoms with Gasteiger partial charge >= 0.3 is 0 Å². The molecule has 0 spiro atoms. The summed E-state index contributed by atoms with van der Waals surface area (Å²) >= 11 is 6.03. The number of rotatable bonds is 5. The molecule has 1 unspecified atom stereocenters. The SMILES string of the molecule is COc1ccc(Cl)cc1N1CC(C(=O)NCc2ccccc2O)CC1=O. The summed E-state index contributed by atoms with van der Waals surface area (Å²) in [6.07, 6.45) is 0.113. The quantitative estimate of drug-likeness (QED) is 0.843. The molecule has 136 valence electrons. The van der Waals surface area contributed by atoms with Gasteiger partial charge in [0.1, 0.15) is 11.5 Å². The van der Waals surface area contributed by atoms with Crippen molar-refractivity contribution in [3.63, 3.8) is 0 Å². The Labute approximate surface area is 156 Å². The highest BCUT2D eigenvalue weighted by Gasteiger charge is 2.36. The van der Waals surface area contributed by atoms with E-state index in [1.807, 2.05) is 0 Å². The van der Waals surface area contributed by atoms with E-state index in [-0.39, 0.29) is 37.1 Å². The molecular formula is C19H19ClN2O4. The lowest BCUT2D eigenvalue weighted by molar-refractivity contribution is -0.126. The minimum absolute atomic E-state index is 0.113. The molecule has 2 aromatic carbocycles. The maximum atomic E-state index is 12.4. The van der Waals surface area contributed by atoms with Crippen LogP contribution in [0.2, 0.25) is 5.02 Å². The summed E-state index contributed by atoms with van der Waals surface area (Å²) in [6.45, 7) is 0.457. The molecule has 1 saturated heterocycles. The summed E-state index contributed by atoms with van der Waals surface area (Å²) in [5.41, 5.74) is 1.18. The fourth-order valence-electron chi connectivity index (χ4n) is 2.98. The zero-order valence-electron chi connectivity index (χ0n) is 14.2. The fourth-order valence-corrected chi connectivity index (χ4v) is 3.14. The van der Waals surface area contributed by atoms with Gasteiger partial charge in [-0.1, -0.05) is 29.8 Å². The molecule has 7 heteroatoms. The fraction of sp³-hybridized carbons (Fsp3) is 0.263. The first-order valence-electron chi connectivity index (χ1n) is 8.18. The maximum Gasteiger partial charge on any atom is 0.227 e. The first-order valence-corrected chi connectivity index (χ1v) is 8.56. The van der Waals surface area contributed by atoms with E-state index in [0.717, 1.165) is 0 Å². The standard InChI is InChI=1S/C19H19ClN2O4/c1-26-17-7-6-14(20)9-15(17)22-11-13(8-18(22)24)19(25)21-10-12-4-2-3-5-16(12)23/h2-7,9,13,23H,8,10-11H2,1H3,(H,21,25). The number of carbonyl (C=O) groups is 2. The summed E-state index contributed by atoms with van der Waals surface area (Å²) in [5.74, 6) is -0.214. The van der Waals surface area contributed by atoms with Gasteiger partial charge in [0, 0.05) is 30.1 Å². The lowest BCUT2D eigenvalue weighted by Gasteiger charge is -2.20. The van der Waals surface area contributed by atoms with Crippen LogP contribution in [0.1, 0.15) is 12.0 Å². The highest BCUT2D eigenvalue weighted by molar-refractivity contribution is 6.31. The molecule has 2 amide bonds. The topological polar surface area (TPSA) is 78.9 Å². The Hall–Kier alpha value is -2.73. The molecule has 1 atom stereocenters. The first kappa shape index (κ1) is 18.1. The van der Waals surface area contributed by atoms with Gasteiger partial charge < -0.3 is 20.1 Å². The number of carbonyl (C=O) groups excluding carboxylic acids is 2. The van der Waals surface area contributed by atoms with Crippen LogP contribution in [0.15, 0.2) is 42.5 Å². The predicted octanol–water partition coefficient (Wildman–Crippen LogP) is 2.72. The van der Waals surface area contributed by atoms with Crippen molar-refractivity contribution in [3.05, 3.63) is 53.1 Å². The van der Waals surface area contributed by atoms with Crippen LogP contribution in [-0.2, 0) is 16.1 Å². The van der Waals surface area contributed by atoms with Crippen LogP contribution in [0.4, 0.5) is 5.69 Å². The molecule has 26 heavy (non-hydrogen) atoms. The van der Waals surface area contributed by atoms with Gasteiger partial charge in [-0.15, -0.1) is 0 Å². The number of benzene rings is 2. The number of phenolic OH excluding ortho intramolecular Hbond substituents is 1. The highest BCUT2D eigenvalue weighted by atomic mass is 35.5. The Morgan fingerprint density at radius 1 is 1.35 bits per heavy atom. The van der Waals surface area contributed by atoms with Crippen molar-refractivity contribution in [1.82, 2.24) is 5.32 Å². The lowest BCUT2D eigenvalue weighted by Crippen LogP contribution is -2.32. The van der Waals surface area contributed by atoms with Gasteiger partial charge in [0.15, 0.2) is 0 Å². The molecule has 1 heterocycles. The zero-order chi connectivity index (χ0) is 18.7. The highest BCUT2D eigenvalue weighted by Crippen LogP contribution is 2.35. The third-order valence-corrected chi connectivity index (χ3v) is 4.61. The van der Waals surface area contributed by atoms with Crippen LogP contribution in [0.5, 0.6) is 11.5 Å². The first-order chi connectivity index (χ1) is 12.5. The van der Waals surface area contributed by atoms with Gasteiger partial charge in [0.05, 0.1) is 18.7 Å². The molecule has 0 saturated carbocycles. The van der Waals surface area contributed by atoms with Crippen molar-refractivity contribution >= 4 is 29.1 Å². The second kappa shape index (κ2) is 7.66. The number of ether oxygens (including phenoxy) is 1. The van der Waals surface area contributed by atoms with E-state index >= 15 is 0 Å². The smallest absolute Gasteiger partial charge is 0.227 e. The van der Waals surface area contributed by atoms with Crippen molar-refractivity contribution in [2.45, 2.75) is 13.0 Å². The number of aromatic hydroxyl groups is 1. The molecule has 1 fully saturated rings. The van der Waals surface area contributed by atoms with Crippen molar-refractivity contribution in [2.75, 3.05) is 18.6 Å². The number of nitrogens with zero attached hydrogens (tertiary/aromatic N) is 1. The number of hydrogen-bond donors (Lipinski definition) is 2. The van der Waals surface area contributed by atoms with Crippen LogP contribution in [0, 0.1) is 5.92 Å². The Kier molecular flexibility index (Phi) is 5.32. The van der Waals surface area contributed by atoms with Gasteiger partial charge in [0.25, 0.3) is 0 Å². The second-order valence-electron chi connectivity index (χ2n) is 6.07. The minimum atomic E-state index is -0.475. The number of amides is 2. The Morgan fingerprint density at radius 2 is 2.12 bits per heavy atom. The number of halogens is 1. The molecule has 0 aromatic heterocycles. The predicted molar refractivity (Wildman–Crippen MR) is 98.4 cm³/mol. The van der Waals surface area contributed by atoms with Gasteiger partial charge in [-0.2, -0.15) is 0 Å². The minimum Gasteiger partial charge on any atom is -0.508 e. The van der Waals surface area contributed by atoms with E-state index in [0.29, 0.717) is 22.0 Å². The number of nitrogens with one attached hydrogen (secondary N) is 1. The van der Waals surface area contributed by atoms with E-state index in [2.05, 4.69) is 5.32 Å². The molecule has 1 aliphatic rings. The van der Waals surface area contributed by atoms with Gasteiger partial charge in [-0.3, -0.25) is 9.59 Å². The van der Waals surface area contributed by atoms with Crippen molar-refractivity contribution in [2.24, 2.45) is 5.92 Å². The third kappa shape index (κ3) is 3.75. The Bertz CT molecular complexity index is 840. The van der Waals surface area contributed by atoms with Crippen molar-refractivity contribution < 1.29 is 19.4 Å². The molecule has 3 rings (SSSR count). The molecule has 0 aliphatic carbocycles. The van der Waals surface area contributed by atoms with Crippen LogP contribution in [0.25, 0.3) is 0 Å². The van der Waals surface area contributed by atoms with Gasteiger partial charge in [-0.25, -0.2) is 0 Å². The molecule has 0 radical (unpaired) electrons. The number of para-hydroxylation sites is 1. The summed E-state index contributed by atoms with van der Waals surface area (Å²) in [5, 5.41) is 13.0. The monoisotopic (exact) mass is 374 g/mol. The van der Waals surface area contributed by atoms with Crippen LogP contribution in [-0.4, -0.2) is 30.6 Å². The van der Waals surface area contributed by atoms with Gasteiger partial charge in [0.2, 0.25) is 11.8 Å². The molecule has 1 aliphatic heterocycles. The number of methoxy groups -OCH3 is 1. The second-order valence-corrected chi connectivity index (χ2v) is 6.50. The third-order valence-electron chi connectivity index (χ3n) is 4.37. The van der Waals surface area contributed by atoms with E-state index in [1.165, 1.54) is 12.0 Å². The number of phenols is 1. The number of hydrogen-bond acceptors (Lipinski definition) is 4. The van der Waals surface area contributed by atoms with E-state index in [4.69, 9.17) is 16.3 Å². The summed E-state index contributed by atoms with van der Waals surface area (Å²) in [6, 6.07) is 11.8. The Morgan fingerprint density at radius 3 is 2.85 bits per heavy atom. The van der Waals surface area contributed by atoms with Crippen molar-refractivity contribution in [3.8, 4) is 11.5 Å². The largest absolute Gasteiger partial charge is 0.508 e. The van der Waals surface area contributed by atoms with Crippen LogP contribution in [0.3, 0.4) is 0 Å². The molecule has 0 bridgehead atoms. The normalized spacial score (nSPS) is 16.6. The Balaban J connectivity index is 1.69. The molecule has 6 nitrogen and oxygen atoms in total.